The first-order valence-electron chi connectivity index (χ1n) is 9.17. The SMILES string of the molecule is O=C(O)N1CCC(c2cccc3c2CC(=O)N3Cc2cccc(F)c2)CC1. The van der Waals surface area contributed by atoms with Gasteiger partial charge in [0.05, 0.1) is 13.0 Å². The number of benzene rings is 2. The summed E-state index contributed by atoms with van der Waals surface area (Å²) in [7, 11) is 0. The molecule has 1 fully saturated rings. The van der Waals surface area contributed by atoms with Crippen LogP contribution in [0.2, 0.25) is 0 Å². The second-order valence-electron chi connectivity index (χ2n) is 7.18. The third kappa shape index (κ3) is 3.39. The lowest BCUT2D eigenvalue weighted by Crippen LogP contribution is -2.36. The van der Waals surface area contributed by atoms with Crippen molar-refractivity contribution in [2.75, 3.05) is 18.0 Å². The van der Waals surface area contributed by atoms with E-state index in [1.54, 1.807) is 11.0 Å². The second-order valence-corrected chi connectivity index (χ2v) is 7.18. The summed E-state index contributed by atoms with van der Waals surface area (Å²) in [6.07, 6.45) is 1.00. The molecule has 0 aromatic heterocycles. The Bertz CT molecular complexity index is 891. The second kappa shape index (κ2) is 7.02. The molecule has 0 atom stereocenters. The smallest absolute Gasteiger partial charge is 0.407 e. The maximum atomic E-state index is 13.5. The number of carbonyl (C=O) groups excluding carboxylic acids is 1. The van der Waals surface area contributed by atoms with E-state index in [0.717, 1.165) is 35.2 Å². The van der Waals surface area contributed by atoms with Gasteiger partial charge in [-0.2, -0.15) is 0 Å². The molecule has 1 saturated heterocycles. The topological polar surface area (TPSA) is 60.9 Å². The van der Waals surface area contributed by atoms with Crippen molar-refractivity contribution in [2.45, 2.75) is 31.7 Å². The van der Waals surface area contributed by atoms with Crippen LogP contribution in [0, 0.1) is 5.82 Å². The van der Waals surface area contributed by atoms with E-state index in [9.17, 15) is 14.0 Å². The summed E-state index contributed by atoms with van der Waals surface area (Å²) in [4.78, 5) is 26.9. The Morgan fingerprint density at radius 2 is 1.89 bits per heavy atom. The van der Waals surface area contributed by atoms with Crippen molar-refractivity contribution in [3.8, 4) is 0 Å². The maximum absolute atomic E-state index is 13.5. The van der Waals surface area contributed by atoms with Crippen molar-refractivity contribution >= 4 is 17.7 Å². The van der Waals surface area contributed by atoms with Crippen molar-refractivity contribution in [1.82, 2.24) is 4.90 Å². The van der Waals surface area contributed by atoms with Gasteiger partial charge in [0.2, 0.25) is 5.91 Å². The fourth-order valence-corrected chi connectivity index (χ4v) is 4.17. The highest BCUT2D eigenvalue weighted by Crippen LogP contribution is 2.39. The molecule has 0 aliphatic carbocycles. The molecule has 0 spiro atoms. The fourth-order valence-electron chi connectivity index (χ4n) is 4.17. The van der Waals surface area contributed by atoms with Crippen LogP contribution in [0.1, 0.15) is 35.4 Å². The zero-order valence-corrected chi connectivity index (χ0v) is 14.9. The molecule has 5 nitrogen and oxygen atoms in total. The molecule has 2 aliphatic heterocycles. The Morgan fingerprint density at radius 1 is 1.15 bits per heavy atom. The van der Waals surface area contributed by atoms with Crippen LogP contribution in [0.15, 0.2) is 42.5 Å². The van der Waals surface area contributed by atoms with Gasteiger partial charge in [0.25, 0.3) is 0 Å². The first kappa shape index (κ1) is 17.5. The van der Waals surface area contributed by atoms with E-state index in [2.05, 4.69) is 6.07 Å². The Morgan fingerprint density at radius 3 is 2.59 bits per heavy atom. The molecule has 2 aromatic rings. The van der Waals surface area contributed by atoms with Crippen LogP contribution in [0.4, 0.5) is 14.9 Å². The Labute approximate surface area is 157 Å². The number of carboxylic acid groups (broad SMARTS) is 1. The predicted octanol–water partition coefficient (Wildman–Crippen LogP) is 3.77. The van der Waals surface area contributed by atoms with Crippen molar-refractivity contribution < 1.29 is 19.1 Å². The van der Waals surface area contributed by atoms with Crippen molar-refractivity contribution in [3.05, 3.63) is 65.0 Å². The van der Waals surface area contributed by atoms with Crippen LogP contribution < -0.4 is 4.90 Å². The summed E-state index contributed by atoms with van der Waals surface area (Å²) >= 11 is 0. The lowest BCUT2D eigenvalue weighted by molar-refractivity contribution is -0.117. The van der Waals surface area contributed by atoms with Crippen LogP contribution in [-0.2, 0) is 17.8 Å². The molecule has 0 radical (unpaired) electrons. The number of likely N-dealkylation sites (tertiary alicyclic amines) is 1. The van der Waals surface area contributed by atoms with Gasteiger partial charge >= 0.3 is 6.09 Å². The van der Waals surface area contributed by atoms with Gasteiger partial charge in [-0.1, -0.05) is 24.3 Å². The van der Waals surface area contributed by atoms with Gasteiger partial charge in [-0.05, 0) is 53.6 Å². The Balaban J connectivity index is 1.58. The van der Waals surface area contributed by atoms with E-state index in [1.165, 1.54) is 17.0 Å². The summed E-state index contributed by atoms with van der Waals surface area (Å²) < 4.78 is 13.5. The molecule has 6 heteroatoms. The van der Waals surface area contributed by atoms with Crippen LogP contribution in [-0.4, -0.2) is 35.1 Å². The quantitative estimate of drug-likeness (QED) is 0.897. The molecule has 0 bridgehead atoms. The van der Waals surface area contributed by atoms with E-state index in [4.69, 9.17) is 5.11 Å². The monoisotopic (exact) mass is 368 g/mol. The number of nitrogens with zero attached hydrogens (tertiary/aromatic N) is 2. The average Bonchev–Trinajstić information content (AvgIpc) is 2.97. The minimum Gasteiger partial charge on any atom is -0.465 e. The first-order chi connectivity index (χ1) is 13.0. The lowest BCUT2D eigenvalue weighted by atomic mass is 9.86. The molecule has 2 aliphatic rings. The van der Waals surface area contributed by atoms with Gasteiger partial charge in [-0.3, -0.25) is 4.79 Å². The number of amides is 2. The van der Waals surface area contributed by atoms with Crippen molar-refractivity contribution in [3.63, 3.8) is 0 Å². The molecule has 0 unspecified atom stereocenters. The molecule has 1 N–H and O–H groups in total. The molecular weight excluding hydrogens is 347 g/mol. The highest BCUT2D eigenvalue weighted by molar-refractivity contribution is 6.01. The number of fused-ring (bicyclic) bond motifs is 1. The summed E-state index contributed by atoms with van der Waals surface area (Å²) in [6, 6.07) is 12.3. The van der Waals surface area contributed by atoms with Gasteiger partial charge < -0.3 is 14.9 Å². The van der Waals surface area contributed by atoms with E-state index in [1.807, 2.05) is 18.2 Å². The lowest BCUT2D eigenvalue weighted by Gasteiger charge is -2.31. The molecular formula is C21H21FN2O3. The Kier molecular flexibility index (Phi) is 4.56. The summed E-state index contributed by atoms with van der Waals surface area (Å²) in [5, 5.41) is 9.13. The van der Waals surface area contributed by atoms with Gasteiger partial charge in [0.1, 0.15) is 5.82 Å². The molecule has 2 amide bonds. The highest BCUT2D eigenvalue weighted by Gasteiger charge is 2.32. The number of hydrogen-bond donors (Lipinski definition) is 1. The highest BCUT2D eigenvalue weighted by atomic mass is 19.1. The van der Waals surface area contributed by atoms with Crippen LogP contribution in [0.3, 0.4) is 0 Å². The van der Waals surface area contributed by atoms with Gasteiger partial charge in [0, 0.05) is 18.8 Å². The zero-order chi connectivity index (χ0) is 19.0. The number of rotatable bonds is 3. The minimum atomic E-state index is -0.872. The summed E-state index contributed by atoms with van der Waals surface area (Å²) in [5.41, 5.74) is 3.83. The average molecular weight is 368 g/mol. The summed E-state index contributed by atoms with van der Waals surface area (Å²) in [6.45, 7) is 1.39. The largest absolute Gasteiger partial charge is 0.465 e. The number of halogens is 1. The third-order valence-corrected chi connectivity index (χ3v) is 5.54. The van der Waals surface area contributed by atoms with Crippen LogP contribution >= 0.6 is 0 Å². The minimum absolute atomic E-state index is 0.0182. The van der Waals surface area contributed by atoms with Crippen LogP contribution in [0.5, 0.6) is 0 Å². The maximum Gasteiger partial charge on any atom is 0.407 e. The van der Waals surface area contributed by atoms with Gasteiger partial charge in [-0.15, -0.1) is 0 Å². The van der Waals surface area contributed by atoms with Crippen molar-refractivity contribution in [1.29, 1.82) is 0 Å². The van der Waals surface area contributed by atoms with Crippen LogP contribution in [0.25, 0.3) is 0 Å². The number of anilines is 1. The predicted molar refractivity (Wildman–Crippen MR) is 99.3 cm³/mol. The van der Waals surface area contributed by atoms with E-state index in [0.29, 0.717) is 26.1 Å². The number of hydrogen-bond acceptors (Lipinski definition) is 2. The number of carbonyl (C=O) groups is 2. The van der Waals surface area contributed by atoms with E-state index >= 15 is 0 Å². The normalized spacial score (nSPS) is 17.3. The molecule has 0 saturated carbocycles. The van der Waals surface area contributed by atoms with Gasteiger partial charge in [0.15, 0.2) is 0 Å². The third-order valence-electron chi connectivity index (χ3n) is 5.54. The van der Waals surface area contributed by atoms with E-state index < -0.39 is 6.09 Å². The molecule has 4 rings (SSSR count). The molecule has 140 valence electrons. The summed E-state index contributed by atoms with van der Waals surface area (Å²) in [5.74, 6) is -0.0273. The van der Waals surface area contributed by atoms with Gasteiger partial charge in [-0.25, -0.2) is 9.18 Å². The molecule has 2 aromatic carbocycles. The Hall–Kier alpha value is -2.89. The zero-order valence-electron chi connectivity index (χ0n) is 14.9. The number of piperidine rings is 1. The van der Waals surface area contributed by atoms with E-state index in [-0.39, 0.29) is 17.6 Å². The fraction of sp³-hybridized carbons (Fsp3) is 0.333. The van der Waals surface area contributed by atoms with Crippen molar-refractivity contribution in [2.24, 2.45) is 0 Å². The standard InChI is InChI=1S/C21H21FN2O3/c22-16-4-1-3-14(11-16)13-24-19-6-2-5-17(18(19)12-20(24)25)15-7-9-23(10-8-15)21(26)27/h1-6,11,15H,7-10,12-13H2,(H,26,27). The molecule has 27 heavy (non-hydrogen) atoms. The molecule has 2 heterocycles. The first-order valence-corrected chi connectivity index (χ1v) is 9.17.